The lowest BCUT2D eigenvalue weighted by Gasteiger charge is -2.40. The van der Waals surface area contributed by atoms with Crippen molar-refractivity contribution in [2.75, 3.05) is 24.5 Å². The summed E-state index contributed by atoms with van der Waals surface area (Å²) in [5, 5.41) is 1.22. The van der Waals surface area contributed by atoms with Gasteiger partial charge in [0.15, 0.2) is 5.65 Å². The molecule has 2 aromatic heterocycles. The molecule has 1 atom stereocenters. The van der Waals surface area contributed by atoms with E-state index in [0.29, 0.717) is 47.2 Å². The summed E-state index contributed by atoms with van der Waals surface area (Å²) in [7, 11) is 0. The maximum atomic E-state index is 13.2. The first-order valence-electron chi connectivity index (χ1n) is 10.2. The van der Waals surface area contributed by atoms with E-state index in [9.17, 15) is 9.59 Å². The number of para-hydroxylation sites is 1. The molecule has 1 saturated heterocycles. The van der Waals surface area contributed by atoms with Crippen molar-refractivity contribution in [1.82, 2.24) is 19.4 Å². The zero-order valence-corrected chi connectivity index (χ0v) is 18.6. The molecule has 160 valence electrons. The number of piperazine rings is 1. The van der Waals surface area contributed by atoms with Gasteiger partial charge in [-0.15, -0.1) is 0 Å². The second-order valence-corrected chi connectivity index (χ2v) is 8.20. The van der Waals surface area contributed by atoms with Crippen LogP contribution in [0.4, 0.5) is 5.82 Å². The summed E-state index contributed by atoms with van der Waals surface area (Å²) in [6.45, 7) is 10.9. The van der Waals surface area contributed by atoms with Gasteiger partial charge in [0.1, 0.15) is 5.82 Å². The van der Waals surface area contributed by atoms with Gasteiger partial charge in [-0.2, -0.15) is 4.98 Å². The minimum absolute atomic E-state index is 0.0397. The summed E-state index contributed by atoms with van der Waals surface area (Å²) >= 11 is 6.43. The van der Waals surface area contributed by atoms with Gasteiger partial charge in [0.25, 0.3) is 0 Å². The molecule has 1 amide bonds. The molecule has 0 bridgehead atoms. The van der Waals surface area contributed by atoms with Crippen LogP contribution in [0.5, 0.6) is 0 Å². The fourth-order valence-corrected chi connectivity index (χ4v) is 4.20. The van der Waals surface area contributed by atoms with Crippen LogP contribution in [0.1, 0.15) is 18.2 Å². The molecule has 0 aliphatic carbocycles. The molecule has 31 heavy (non-hydrogen) atoms. The van der Waals surface area contributed by atoms with E-state index in [0.717, 1.165) is 11.3 Å². The molecule has 0 saturated carbocycles. The molecule has 7 nitrogen and oxygen atoms in total. The van der Waals surface area contributed by atoms with Crippen LogP contribution in [-0.4, -0.2) is 51.0 Å². The van der Waals surface area contributed by atoms with Gasteiger partial charge in [-0.25, -0.2) is 14.3 Å². The minimum atomic E-state index is -0.400. The van der Waals surface area contributed by atoms with Crippen molar-refractivity contribution in [3.63, 3.8) is 0 Å². The number of hydrogen-bond acceptors (Lipinski definition) is 5. The van der Waals surface area contributed by atoms with Gasteiger partial charge in [0.05, 0.1) is 21.8 Å². The van der Waals surface area contributed by atoms with Crippen molar-refractivity contribution in [1.29, 1.82) is 0 Å². The summed E-state index contributed by atoms with van der Waals surface area (Å²) in [5.41, 5.74) is 2.44. The number of aryl methyl sites for hydroxylation is 2. The highest BCUT2D eigenvalue weighted by atomic mass is 35.5. The lowest BCUT2D eigenvalue weighted by atomic mass is 10.1. The Balaban J connectivity index is 1.91. The van der Waals surface area contributed by atoms with Crippen LogP contribution in [0.3, 0.4) is 0 Å². The van der Waals surface area contributed by atoms with E-state index < -0.39 is 5.69 Å². The Morgan fingerprint density at radius 3 is 2.65 bits per heavy atom. The zero-order valence-electron chi connectivity index (χ0n) is 17.8. The number of benzene rings is 1. The van der Waals surface area contributed by atoms with Crippen LogP contribution in [0, 0.1) is 13.8 Å². The average Bonchev–Trinajstić information content (AvgIpc) is 2.75. The molecule has 1 fully saturated rings. The lowest BCUT2D eigenvalue weighted by molar-refractivity contribution is -0.126. The first kappa shape index (κ1) is 21.1. The number of halogens is 1. The van der Waals surface area contributed by atoms with Crippen molar-refractivity contribution >= 4 is 34.4 Å². The molecule has 0 unspecified atom stereocenters. The van der Waals surface area contributed by atoms with Crippen LogP contribution in [-0.2, 0) is 4.79 Å². The van der Waals surface area contributed by atoms with Crippen LogP contribution < -0.4 is 10.6 Å². The molecule has 0 spiro atoms. The summed E-state index contributed by atoms with van der Waals surface area (Å²) in [5.74, 6) is 0.442. The largest absolute Gasteiger partial charge is 0.355 e. The molecule has 3 aromatic rings. The van der Waals surface area contributed by atoms with Gasteiger partial charge in [-0.1, -0.05) is 36.4 Å². The Kier molecular flexibility index (Phi) is 5.54. The van der Waals surface area contributed by atoms with Crippen molar-refractivity contribution < 1.29 is 4.79 Å². The molecule has 4 rings (SSSR count). The Morgan fingerprint density at radius 1 is 1.23 bits per heavy atom. The predicted octanol–water partition coefficient (Wildman–Crippen LogP) is 3.27. The summed E-state index contributed by atoms with van der Waals surface area (Å²) in [4.78, 5) is 38.2. The van der Waals surface area contributed by atoms with Crippen LogP contribution in [0.25, 0.3) is 16.7 Å². The number of rotatable bonds is 3. The number of carbonyl (C=O) groups excluding carboxylic acids is 1. The number of amides is 1. The van der Waals surface area contributed by atoms with Gasteiger partial charge in [-0.05, 0) is 44.5 Å². The van der Waals surface area contributed by atoms with E-state index in [2.05, 4.69) is 16.5 Å². The highest BCUT2D eigenvalue weighted by Crippen LogP contribution is 2.30. The fourth-order valence-electron chi connectivity index (χ4n) is 4.05. The van der Waals surface area contributed by atoms with Gasteiger partial charge >= 0.3 is 5.69 Å². The summed E-state index contributed by atoms with van der Waals surface area (Å²) in [6, 6.07) is 9.42. The maximum absolute atomic E-state index is 13.2. The normalized spacial score (nSPS) is 16.6. The first-order chi connectivity index (χ1) is 14.8. The molecule has 1 aromatic carbocycles. The Hall–Kier alpha value is -3.19. The number of nitrogens with zero attached hydrogens (tertiary/aromatic N) is 5. The van der Waals surface area contributed by atoms with Gasteiger partial charge in [0, 0.05) is 25.7 Å². The van der Waals surface area contributed by atoms with Crippen LogP contribution in [0.2, 0.25) is 5.02 Å². The van der Waals surface area contributed by atoms with Gasteiger partial charge in [0.2, 0.25) is 5.91 Å². The van der Waals surface area contributed by atoms with E-state index >= 15 is 0 Å². The lowest BCUT2D eigenvalue weighted by Crippen LogP contribution is -2.54. The Bertz CT molecular complexity index is 1250. The SMILES string of the molecule is C=CC(=O)N1CCN(c2nc(=O)n(-c3ccccc3C)c3nc(C)c(Cl)cc23)[C@@H](C)C1. The highest BCUT2D eigenvalue weighted by Gasteiger charge is 2.29. The minimum Gasteiger partial charge on any atom is -0.350 e. The van der Waals surface area contributed by atoms with Crippen LogP contribution in [0.15, 0.2) is 47.8 Å². The smallest absolute Gasteiger partial charge is 0.350 e. The molecule has 8 heteroatoms. The zero-order chi connectivity index (χ0) is 22.3. The Morgan fingerprint density at radius 2 is 1.97 bits per heavy atom. The fraction of sp³-hybridized carbons (Fsp3) is 0.304. The maximum Gasteiger partial charge on any atom is 0.355 e. The molecule has 0 N–H and O–H groups in total. The number of hydrogen-bond donors (Lipinski definition) is 0. The molecule has 3 heterocycles. The average molecular weight is 438 g/mol. The van der Waals surface area contributed by atoms with E-state index in [1.807, 2.05) is 56.0 Å². The highest BCUT2D eigenvalue weighted by molar-refractivity contribution is 6.32. The number of pyridine rings is 1. The second-order valence-electron chi connectivity index (χ2n) is 7.80. The molecular weight excluding hydrogens is 414 g/mol. The molecule has 1 aliphatic rings. The Labute approximate surface area is 185 Å². The van der Waals surface area contributed by atoms with Crippen LogP contribution >= 0.6 is 11.6 Å². The van der Waals surface area contributed by atoms with Crippen molar-refractivity contribution in [3.05, 3.63) is 69.8 Å². The first-order valence-corrected chi connectivity index (χ1v) is 10.5. The summed E-state index contributed by atoms with van der Waals surface area (Å²) < 4.78 is 1.54. The van der Waals surface area contributed by atoms with Gasteiger partial charge in [-0.3, -0.25) is 4.79 Å². The number of anilines is 1. The van der Waals surface area contributed by atoms with Gasteiger partial charge < -0.3 is 9.80 Å². The topological polar surface area (TPSA) is 71.3 Å². The van der Waals surface area contributed by atoms with E-state index in [1.165, 1.54) is 6.08 Å². The van der Waals surface area contributed by atoms with E-state index in [-0.39, 0.29) is 11.9 Å². The predicted molar refractivity (Wildman–Crippen MR) is 123 cm³/mol. The van der Waals surface area contributed by atoms with Crippen molar-refractivity contribution in [3.8, 4) is 5.69 Å². The third kappa shape index (κ3) is 3.70. The monoisotopic (exact) mass is 437 g/mol. The quantitative estimate of drug-likeness (QED) is 0.588. The summed E-state index contributed by atoms with van der Waals surface area (Å²) in [6.07, 6.45) is 1.33. The second kappa shape index (κ2) is 8.15. The standard InChI is InChI=1S/C23H24ClN5O2/c1-5-20(30)27-10-11-28(15(3)13-27)21-17-12-18(24)16(4)25-22(17)29(23(31)26-21)19-9-7-6-8-14(19)2/h5-9,12,15H,1,10-11,13H2,2-4H3/t15-/m0/s1. The molecular formula is C23H24ClN5O2. The molecule has 0 radical (unpaired) electrons. The van der Waals surface area contributed by atoms with E-state index in [1.54, 1.807) is 9.47 Å². The number of fused-ring (bicyclic) bond motifs is 1. The third-order valence-corrected chi connectivity index (χ3v) is 6.10. The third-order valence-electron chi connectivity index (χ3n) is 5.72. The van der Waals surface area contributed by atoms with Crippen molar-refractivity contribution in [2.45, 2.75) is 26.8 Å². The van der Waals surface area contributed by atoms with Crippen molar-refractivity contribution in [2.24, 2.45) is 0 Å². The number of carbonyl (C=O) groups is 1. The van der Waals surface area contributed by atoms with E-state index in [4.69, 9.17) is 11.6 Å². The molecule has 1 aliphatic heterocycles. The number of aromatic nitrogens is 3.